The molecule has 0 heterocycles. The van der Waals surface area contributed by atoms with Gasteiger partial charge in [-0.15, -0.1) is 0 Å². The molecule has 0 aromatic rings. The number of hydrogen-bond donors (Lipinski definition) is 1. The second kappa shape index (κ2) is 21.0. The van der Waals surface area contributed by atoms with Crippen LogP contribution in [-0.2, 0) is 0 Å². The standard InChI is InChI=1S/C16H35N.BrH.ClH/c1-4-5-6-7-8-9-10-11-12-13-14-15-16-17(2)3;;/h4-16H2,1-3H3;2*1H/p-1. The molecule has 0 aromatic heterocycles. The van der Waals surface area contributed by atoms with Gasteiger partial charge in [-0.25, -0.2) is 0 Å². The largest absolute Gasteiger partial charge is 1.00 e. The molecular formula is C16H36BrClN-. The number of quaternary nitrogens is 1. The van der Waals surface area contributed by atoms with E-state index in [0.29, 0.717) is 0 Å². The van der Waals surface area contributed by atoms with E-state index >= 15 is 0 Å². The molecule has 1 nitrogen and oxygen atoms in total. The van der Waals surface area contributed by atoms with Crippen LogP contribution in [0.4, 0.5) is 0 Å². The second-order valence-corrected chi connectivity index (χ2v) is 5.85. The van der Waals surface area contributed by atoms with Crippen LogP contribution >= 0.6 is 0 Å². The van der Waals surface area contributed by atoms with Gasteiger partial charge in [0.1, 0.15) is 0 Å². The highest BCUT2D eigenvalue weighted by atomic mass is 79.9. The molecule has 0 aliphatic rings. The maximum absolute atomic E-state index is 2.29. The Morgan fingerprint density at radius 1 is 0.579 bits per heavy atom. The molecular weight excluding hydrogens is 322 g/mol. The molecule has 0 saturated carbocycles. The van der Waals surface area contributed by atoms with Gasteiger partial charge in [-0.05, 0) is 12.8 Å². The SMILES string of the molecule is CCCCCCCCCCCCCC[NH+](C)C.[Br-].[Cl-]. The number of halogens is 2. The van der Waals surface area contributed by atoms with Crippen LogP contribution in [0, 0.1) is 0 Å². The summed E-state index contributed by atoms with van der Waals surface area (Å²) in [5.41, 5.74) is 0. The summed E-state index contributed by atoms with van der Waals surface area (Å²) in [5, 5.41) is 0. The highest BCUT2D eigenvalue weighted by Gasteiger charge is 1.95. The van der Waals surface area contributed by atoms with Crippen LogP contribution in [0.2, 0.25) is 0 Å². The van der Waals surface area contributed by atoms with Crippen molar-refractivity contribution in [3.8, 4) is 0 Å². The fourth-order valence-electron chi connectivity index (χ4n) is 2.32. The second-order valence-electron chi connectivity index (χ2n) is 5.85. The van der Waals surface area contributed by atoms with Gasteiger partial charge in [0.05, 0.1) is 20.6 Å². The minimum atomic E-state index is 0. The summed E-state index contributed by atoms with van der Waals surface area (Å²) in [6.07, 6.45) is 17.4. The highest BCUT2D eigenvalue weighted by Crippen LogP contribution is 2.11. The van der Waals surface area contributed by atoms with E-state index in [1.807, 2.05) is 0 Å². The molecule has 0 aromatic carbocycles. The van der Waals surface area contributed by atoms with Crippen molar-refractivity contribution in [1.82, 2.24) is 0 Å². The smallest absolute Gasteiger partial charge is 0.0766 e. The predicted molar refractivity (Wildman–Crippen MR) is 78.8 cm³/mol. The van der Waals surface area contributed by atoms with Gasteiger partial charge in [-0.1, -0.05) is 71.1 Å². The van der Waals surface area contributed by atoms with Crippen molar-refractivity contribution < 1.29 is 34.3 Å². The van der Waals surface area contributed by atoms with E-state index in [0.717, 1.165) is 0 Å². The van der Waals surface area contributed by atoms with E-state index in [1.54, 1.807) is 4.90 Å². The summed E-state index contributed by atoms with van der Waals surface area (Å²) < 4.78 is 0. The van der Waals surface area contributed by atoms with E-state index in [2.05, 4.69) is 21.0 Å². The summed E-state index contributed by atoms with van der Waals surface area (Å²) in [6.45, 7) is 3.63. The Bertz CT molecular complexity index is 143. The lowest BCUT2D eigenvalue weighted by Gasteiger charge is -2.06. The molecule has 0 bridgehead atoms. The third-order valence-electron chi connectivity index (χ3n) is 3.53. The van der Waals surface area contributed by atoms with Gasteiger partial charge in [0.15, 0.2) is 0 Å². The predicted octanol–water partition coefficient (Wildman–Crippen LogP) is -2.16. The fourth-order valence-corrected chi connectivity index (χ4v) is 2.32. The summed E-state index contributed by atoms with van der Waals surface area (Å²) >= 11 is 0. The van der Waals surface area contributed by atoms with Crippen LogP contribution in [0.5, 0.6) is 0 Å². The van der Waals surface area contributed by atoms with Gasteiger partial charge in [0.25, 0.3) is 0 Å². The molecule has 120 valence electrons. The van der Waals surface area contributed by atoms with Crippen molar-refractivity contribution in [1.29, 1.82) is 0 Å². The van der Waals surface area contributed by atoms with Crippen molar-refractivity contribution in [2.45, 2.75) is 84.0 Å². The van der Waals surface area contributed by atoms with E-state index < -0.39 is 0 Å². The van der Waals surface area contributed by atoms with Crippen LogP contribution in [0.3, 0.4) is 0 Å². The molecule has 0 aliphatic heterocycles. The van der Waals surface area contributed by atoms with Gasteiger partial charge in [0.2, 0.25) is 0 Å². The summed E-state index contributed by atoms with van der Waals surface area (Å²) in [4.78, 5) is 1.59. The minimum absolute atomic E-state index is 0. The van der Waals surface area contributed by atoms with Crippen molar-refractivity contribution in [2.24, 2.45) is 0 Å². The van der Waals surface area contributed by atoms with Crippen molar-refractivity contribution in [3.05, 3.63) is 0 Å². The lowest BCUT2D eigenvalue weighted by molar-refractivity contribution is -0.858. The van der Waals surface area contributed by atoms with Crippen molar-refractivity contribution in [3.63, 3.8) is 0 Å². The van der Waals surface area contributed by atoms with Gasteiger partial charge in [0, 0.05) is 0 Å². The monoisotopic (exact) mass is 356 g/mol. The first kappa shape index (κ1) is 24.7. The molecule has 19 heavy (non-hydrogen) atoms. The molecule has 1 N–H and O–H groups in total. The third-order valence-corrected chi connectivity index (χ3v) is 3.53. The molecule has 0 amide bonds. The van der Waals surface area contributed by atoms with Crippen LogP contribution in [-0.4, -0.2) is 20.6 Å². The Balaban J connectivity index is -0.00000128. The molecule has 0 unspecified atom stereocenters. The summed E-state index contributed by atoms with van der Waals surface area (Å²) in [6, 6.07) is 0. The zero-order valence-electron chi connectivity index (χ0n) is 13.4. The Hall–Kier alpha value is 0.730. The lowest BCUT2D eigenvalue weighted by Crippen LogP contribution is -3.05. The number of nitrogens with one attached hydrogen (secondary N) is 1. The Kier molecular flexibility index (Phi) is 27.4. The van der Waals surface area contributed by atoms with Crippen molar-refractivity contribution in [2.75, 3.05) is 20.6 Å². The lowest BCUT2D eigenvalue weighted by atomic mass is 10.1. The summed E-state index contributed by atoms with van der Waals surface area (Å²) in [7, 11) is 4.50. The summed E-state index contributed by atoms with van der Waals surface area (Å²) in [5.74, 6) is 0. The number of unbranched alkanes of at least 4 members (excludes halogenated alkanes) is 11. The van der Waals surface area contributed by atoms with Gasteiger partial charge < -0.3 is 34.3 Å². The minimum Gasteiger partial charge on any atom is -1.00 e. The zero-order chi connectivity index (χ0) is 12.8. The first-order valence-corrected chi connectivity index (χ1v) is 8.06. The van der Waals surface area contributed by atoms with Gasteiger partial charge in [-0.2, -0.15) is 0 Å². The first-order chi connectivity index (χ1) is 8.27. The van der Waals surface area contributed by atoms with E-state index in [9.17, 15) is 0 Å². The first-order valence-electron chi connectivity index (χ1n) is 8.06. The quantitative estimate of drug-likeness (QED) is 0.358. The molecule has 0 radical (unpaired) electrons. The highest BCUT2D eigenvalue weighted by molar-refractivity contribution is 4.48. The molecule has 0 aliphatic carbocycles. The van der Waals surface area contributed by atoms with E-state index in [1.165, 1.54) is 83.6 Å². The van der Waals surface area contributed by atoms with E-state index in [4.69, 9.17) is 0 Å². The topological polar surface area (TPSA) is 4.44 Å². The zero-order valence-corrected chi connectivity index (χ0v) is 15.8. The molecule has 0 fully saturated rings. The molecule has 3 heteroatoms. The molecule has 0 rings (SSSR count). The average molecular weight is 358 g/mol. The maximum Gasteiger partial charge on any atom is 0.0766 e. The van der Waals surface area contributed by atoms with Crippen LogP contribution in [0.25, 0.3) is 0 Å². The Morgan fingerprint density at radius 3 is 1.21 bits per heavy atom. The molecule has 0 saturated heterocycles. The van der Waals surface area contributed by atoms with Gasteiger partial charge >= 0.3 is 0 Å². The number of rotatable bonds is 13. The Labute approximate surface area is 139 Å². The Morgan fingerprint density at radius 2 is 0.895 bits per heavy atom. The number of hydrogen-bond acceptors (Lipinski definition) is 0. The maximum atomic E-state index is 2.29. The third kappa shape index (κ3) is 24.2. The molecule has 0 atom stereocenters. The van der Waals surface area contributed by atoms with Crippen LogP contribution < -0.4 is 34.3 Å². The fraction of sp³-hybridized carbons (Fsp3) is 1.00. The molecule has 0 spiro atoms. The van der Waals surface area contributed by atoms with Crippen LogP contribution in [0.15, 0.2) is 0 Å². The van der Waals surface area contributed by atoms with E-state index in [-0.39, 0.29) is 29.4 Å². The van der Waals surface area contributed by atoms with Crippen LogP contribution in [0.1, 0.15) is 84.0 Å². The average Bonchev–Trinajstić information content (AvgIpc) is 2.30. The normalized spacial score (nSPS) is 10.1. The van der Waals surface area contributed by atoms with Gasteiger partial charge in [-0.3, -0.25) is 0 Å². The van der Waals surface area contributed by atoms with Crippen molar-refractivity contribution >= 4 is 0 Å².